The van der Waals surface area contributed by atoms with E-state index in [0.29, 0.717) is 18.0 Å². The number of carbonyl (C=O) groups excluding carboxylic acids is 1. The van der Waals surface area contributed by atoms with Crippen molar-refractivity contribution in [2.24, 2.45) is 0 Å². The summed E-state index contributed by atoms with van der Waals surface area (Å²) in [6, 6.07) is 8.41. The number of hydrogen-bond acceptors (Lipinski definition) is 4. The van der Waals surface area contributed by atoms with Crippen LogP contribution in [0.15, 0.2) is 36.7 Å². The van der Waals surface area contributed by atoms with E-state index in [9.17, 15) is 4.79 Å². The molecule has 0 N–H and O–H groups in total. The Kier molecular flexibility index (Phi) is 9.53. The Bertz CT molecular complexity index is 666. The zero-order valence-corrected chi connectivity index (χ0v) is 16.7. The SMILES string of the molecule is CCCCCCC(=O)Oc1cnc(-c2ccc(CCCCCC)cc2)nc1. The lowest BCUT2D eigenvalue weighted by Crippen LogP contribution is -2.08. The van der Waals surface area contributed by atoms with Crippen molar-refractivity contribution >= 4 is 5.97 Å². The first-order valence-corrected chi connectivity index (χ1v) is 10.3. The molecule has 2 aromatic rings. The molecule has 27 heavy (non-hydrogen) atoms. The van der Waals surface area contributed by atoms with Gasteiger partial charge in [0.25, 0.3) is 0 Å². The summed E-state index contributed by atoms with van der Waals surface area (Å²) in [6.45, 7) is 4.38. The molecule has 0 saturated heterocycles. The van der Waals surface area contributed by atoms with Crippen LogP contribution in [0.2, 0.25) is 0 Å². The van der Waals surface area contributed by atoms with E-state index in [0.717, 1.165) is 37.7 Å². The Morgan fingerprint density at radius 2 is 1.48 bits per heavy atom. The van der Waals surface area contributed by atoms with Crippen molar-refractivity contribution in [1.82, 2.24) is 9.97 Å². The van der Waals surface area contributed by atoms with Gasteiger partial charge in [-0.15, -0.1) is 0 Å². The van der Waals surface area contributed by atoms with Gasteiger partial charge in [0.1, 0.15) is 0 Å². The molecule has 0 fully saturated rings. The molecule has 0 aliphatic carbocycles. The summed E-state index contributed by atoms with van der Waals surface area (Å²) in [6.07, 6.45) is 14.1. The van der Waals surface area contributed by atoms with Gasteiger partial charge >= 0.3 is 5.97 Å². The normalized spacial score (nSPS) is 10.7. The maximum atomic E-state index is 11.8. The quantitative estimate of drug-likeness (QED) is 0.333. The average molecular weight is 369 g/mol. The lowest BCUT2D eigenvalue weighted by Gasteiger charge is -2.06. The van der Waals surface area contributed by atoms with E-state index in [-0.39, 0.29) is 5.97 Å². The highest BCUT2D eigenvalue weighted by Gasteiger charge is 2.07. The third-order valence-electron chi connectivity index (χ3n) is 4.63. The van der Waals surface area contributed by atoms with Gasteiger partial charge in [0.15, 0.2) is 11.6 Å². The number of ether oxygens (including phenoxy) is 1. The van der Waals surface area contributed by atoms with Gasteiger partial charge < -0.3 is 4.74 Å². The Labute approximate surface area is 163 Å². The second-order valence-electron chi connectivity index (χ2n) is 7.03. The minimum Gasteiger partial charge on any atom is -0.423 e. The second-order valence-corrected chi connectivity index (χ2v) is 7.03. The molecule has 0 amide bonds. The Hall–Kier alpha value is -2.23. The Morgan fingerprint density at radius 1 is 0.852 bits per heavy atom. The van der Waals surface area contributed by atoms with Crippen LogP contribution in [-0.4, -0.2) is 15.9 Å². The molecular weight excluding hydrogens is 336 g/mol. The molecule has 0 spiro atoms. The first-order chi connectivity index (χ1) is 13.2. The minimum absolute atomic E-state index is 0.213. The van der Waals surface area contributed by atoms with Gasteiger partial charge in [0.05, 0.1) is 12.4 Å². The van der Waals surface area contributed by atoms with E-state index in [1.54, 1.807) is 12.4 Å². The van der Waals surface area contributed by atoms with E-state index in [1.807, 2.05) is 0 Å². The number of hydrogen-bond donors (Lipinski definition) is 0. The summed E-state index contributed by atoms with van der Waals surface area (Å²) in [7, 11) is 0. The highest BCUT2D eigenvalue weighted by atomic mass is 16.5. The van der Waals surface area contributed by atoms with Crippen molar-refractivity contribution in [3.05, 3.63) is 42.2 Å². The molecule has 1 aromatic heterocycles. The fourth-order valence-electron chi connectivity index (χ4n) is 2.97. The highest BCUT2D eigenvalue weighted by Crippen LogP contribution is 2.19. The molecule has 0 aliphatic heterocycles. The molecule has 1 heterocycles. The molecule has 0 radical (unpaired) electrons. The molecule has 2 rings (SSSR count). The number of benzene rings is 1. The van der Waals surface area contributed by atoms with E-state index in [2.05, 4.69) is 48.1 Å². The summed E-state index contributed by atoms with van der Waals surface area (Å²) in [4.78, 5) is 20.5. The number of nitrogens with zero attached hydrogens (tertiary/aromatic N) is 2. The molecule has 146 valence electrons. The van der Waals surface area contributed by atoms with Gasteiger partial charge in [-0.1, -0.05) is 76.6 Å². The predicted octanol–water partition coefficient (Wildman–Crippen LogP) is 6.14. The molecule has 1 aromatic carbocycles. The predicted molar refractivity (Wildman–Crippen MR) is 110 cm³/mol. The van der Waals surface area contributed by atoms with E-state index in [4.69, 9.17) is 4.74 Å². The van der Waals surface area contributed by atoms with Crippen LogP contribution in [0, 0.1) is 0 Å². The third-order valence-corrected chi connectivity index (χ3v) is 4.63. The van der Waals surface area contributed by atoms with Gasteiger partial charge in [0.2, 0.25) is 0 Å². The molecule has 0 atom stereocenters. The van der Waals surface area contributed by atoms with Crippen molar-refractivity contribution in [2.45, 2.75) is 78.1 Å². The fraction of sp³-hybridized carbons (Fsp3) is 0.522. The molecular formula is C23H32N2O2. The van der Waals surface area contributed by atoms with Gasteiger partial charge in [0, 0.05) is 12.0 Å². The topological polar surface area (TPSA) is 52.1 Å². The standard InChI is InChI=1S/C23H32N2O2/c1-3-5-7-9-11-19-13-15-20(16-14-19)23-24-17-21(18-25-23)27-22(26)12-10-8-6-4-2/h13-18H,3-12H2,1-2H3. The van der Waals surface area contributed by atoms with E-state index >= 15 is 0 Å². The van der Waals surface area contributed by atoms with Crippen molar-refractivity contribution in [2.75, 3.05) is 0 Å². The van der Waals surface area contributed by atoms with Crippen LogP contribution in [-0.2, 0) is 11.2 Å². The fourth-order valence-corrected chi connectivity index (χ4v) is 2.97. The Morgan fingerprint density at radius 3 is 2.11 bits per heavy atom. The number of carbonyl (C=O) groups is 1. The maximum Gasteiger partial charge on any atom is 0.311 e. The first kappa shape index (κ1) is 21.1. The summed E-state index contributed by atoms with van der Waals surface area (Å²) < 4.78 is 5.30. The first-order valence-electron chi connectivity index (χ1n) is 10.3. The molecule has 0 bridgehead atoms. The van der Waals surface area contributed by atoms with Crippen molar-refractivity contribution in [1.29, 1.82) is 0 Å². The summed E-state index contributed by atoms with van der Waals surface area (Å²) >= 11 is 0. The van der Waals surface area contributed by atoms with Gasteiger partial charge in [-0.3, -0.25) is 4.79 Å². The van der Waals surface area contributed by atoms with Crippen molar-refractivity contribution in [3.63, 3.8) is 0 Å². The smallest absolute Gasteiger partial charge is 0.311 e. The zero-order valence-electron chi connectivity index (χ0n) is 16.7. The largest absolute Gasteiger partial charge is 0.423 e. The van der Waals surface area contributed by atoms with Crippen LogP contribution in [0.5, 0.6) is 5.75 Å². The van der Waals surface area contributed by atoms with E-state index in [1.165, 1.54) is 31.2 Å². The Balaban J connectivity index is 1.82. The monoisotopic (exact) mass is 368 g/mol. The maximum absolute atomic E-state index is 11.8. The number of rotatable bonds is 12. The van der Waals surface area contributed by atoms with Gasteiger partial charge in [-0.25, -0.2) is 9.97 Å². The van der Waals surface area contributed by atoms with Crippen LogP contribution in [0.4, 0.5) is 0 Å². The molecule has 0 saturated carbocycles. The summed E-state index contributed by atoms with van der Waals surface area (Å²) in [5.74, 6) is 0.844. The van der Waals surface area contributed by atoms with Gasteiger partial charge in [-0.05, 0) is 24.8 Å². The van der Waals surface area contributed by atoms with Crippen LogP contribution < -0.4 is 4.74 Å². The summed E-state index contributed by atoms with van der Waals surface area (Å²) in [5, 5.41) is 0. The highest BCUT2D eigenvalue weighted by molar-refractivity contribution is 5.72. The number of esters is 1. The van der Waals surface area contributed by atoms with Crippen LogP contribution >= 0.6 is 0 Å². The number of aromatic nitrogens is 2. The number of unbranched alkanes of at least 4 members (excludes halogenated alkanes) is 6. The van der Waals surface area contributed by atoms with Crippen LogP contribution in [0.1, 0.15) is 77.2 Å². The molecule has 4 nitrogen and oxygen atoms in total. The van der Waals surface area contributed by atoms with E-state index < -0.39 is 0 Å². The third kappa shape index (κ3) is 7.90. The minimum atomic E-state index is -0.213. The van der Waals surface area contributed by atoms with Crippen molar-refractivity contribution < 1.29 is 9.53 Å². The lowest BCUT2D eigenvalue weighted by molar-refractivity contribution is -0.134. The second kappa shape index (κ2) is 12.2. The zero-order chi connectivity index (χ0) is 19.3. The van der Waals surface area contributed by atoms with Crippen LogP contribution in [0.3, 0.4) is 0 Å². The molecule has 0 aliphatic rings. The lowest BCUT2D eigenvalue weighted by atomic mass is 10.0. The summed E-state index contributed by atoms with van der Waals surface area (Å²) in [5.41, 5.74) is 2.33. The average Bonchev–Trinajstić information content (AvgIpc) is 2.70. The van der Waals surface area contributed by atoms with Crippen molar-refractivity contribution in [3.8, 4) is 17.1 Å². The molecule has 0 unspecified atom stereocenters. The number of aryl methyl sites for hydroxylation is 1. The molecule has 4 heteroatoms. The van der Waals surface area contributed by atoms with Crippen LogP contribution in [0.25, 0.3) is 11.4 Å². The van der Waals surface area contributed by atoms with Gasteiger partial charge in [-0.2, -0.15) is 0 Å².